The molecular weight excluding hydrogens is 515 g/mol. The molecule has 0 fully saturated rings. The Bertz CT molecular complexity index is 670. The molecule has 0 aliphatic heterocycles. The second-order valence-electron chi connectivity index (χ2n) is 10.5. The number of carbonyl (C=O) groups is 2. The SMILES string of the molecule is C=C(C)C(=O)OCCCCCCCCOP(=O)(CCCCCCC)OCCCCCCCCOC(=O)C(=C)C. The van der Waals surface area contributed by atoms with Crippen molar-refractivity contribution in [3.63, 3.8) is 0 Å². The minimum Gasteiger partial charge on any atom is -0.462 e. The Morgan fingerprint density at radius 3 is 1.26 bits per heavy atom. The Hall–Kier alpha value is -1.43. The van der Waals surface area contributed by atoms with Gasteiger partial charge in [-0.05, 0) is 46.0 Å². The van der Waals surface area contributed by atoms with Gasteiger partial charge in [-0.1, -0.05) is 97.1 Å². The van der Waals surface area contributed by atoms with Gasteiger partial charge in [0, 0.05) is 11.1 Å². The van der Waals surface area contributed by atoms with Crippen LogP contribution in [0.4, 0.5) is 0 Å². The molecule has 0 amide bonds. The number of ether oxygens (including phenoxy) is 2. The molecule has 0 aromatic heterocycles. The molecule has 0 aliphatic rings. The third-order valence-corrected chi connectivity index (χ3v) is 8.37. The summed E-state index contributed by atoms with van der Waals surface area (Å²) in [7, 11) is -3.06. The number of rotatable bonds is 28. The van der Waals surface area contributed by atoms with Crippen LogP contribution in [0.1, 0.15) is 130 Å². The molecule has 0 aliphatic carbocycles. The van der Waals surface area contributed by atoms with E-state index in [-0.39, 0.29) is 11.9 Å². The Morgan fingerprint density at radius 1 is 0.538 bits per heavy atom. The van der Waals surface area contributed by atoms with Crippen LogP contribution in [0.15, 0.2) is 24.3 Å². The van der Waals surface area contributed by atoms with E-state index in [1.165, 1.54) is 12.8 Å². The molecular formula is C31H57O7P. The van der Waals surface area contributed by atoms with Crippen LogP contribution >= 0.6 is 7.60 Å². The predicted octanol–water partition coefficient (Wildman–Crippen LogP) is 9.10. The average Bonchev–Trinajstić information content (AvgIpc) is 2.90. The minimum absolute atomic E-state index is 0.320. The lowest BCUT2D eigenvalue weighted by Gasteiger charge is -2.19. The maximum absolute atomic E-state index is 13.3. The number of unbranched alkanes of at least 4 members (excludes halogenated alkanes) is 14. The summed E-state index contributed by atoms with van der Waals surface area (Å²) < 4.78 is 35.3. The van der Waals surface area contributed by atoms with Crippen molar-refractivity contribution < 1.29 is 32.7 Å². The van der Waals surface area contributed by atoms with E-state index in [9.17, 15) is 14.2 Å². The highest BCUT2D eigenvalue weighted by Crippen LogP contribution is 2.49. The molecule has 39 heavy (non-hydrogen) atoms. The number of hydrogen-bond acceptors (Lipinski definition) is 7. The first-order chi connectivity index (χ1) is 18.7. The molecule has 0 spiro atoms. The lowest BCUT2D eigenvalue weighted by molar-refractivity contribution is -0.139. The van der Waals surface area contributed by atoms with Gasteiger partial charge in [-0.2, -0.15) is 0 Å². The molecule has 0 saturated carbocycles. The van der Waals surface area contributed by atoms with Gasteiger partial charge < -0.3 is 18.5 Å². The maximum atomic E-state index is 13.3. The second-order valence-corrected chi connectivity index (χ2v) is 12.7. The van der Waals surface area contributed by atoms with Crippen molar-refractivity contribution in [3.05, 3.63) is 24.3 Å². The average molecular weight is 573 g/mol. The fourth-order valence-electron chi connectivity index (χ4n) is 3.88. The normalized spacial score (nSPS) is 11.4. The van der Waals surface area contributed by atoms with Crippen LogP contribution in [-0.4, -0.2) is 44.5 Å². The van der Waals surface area contributed by atoms with Crippen LogP contribution in [-0.2, 0) is 32.7 Å². The fraction of sp³-hybridized carbons (Fsp3) is 0.806. The summed E-state index contributed by atoms with van der Waals surface area (Å²) in [4.78, 5) is 22.7. The molecule has 0 aromatic rings. The minimum atomic E-state index is -3.06. The highest BCUT2D eigenvalue weighted by Gasteiger charge is 2.23. The van der Waals surface area contributed by atoms with E-state index in [4.69, 9.17) is 18.5 Å². The van der Waals surface area contributed by atoms with Crippen LogP contribution in [0.5, 0.6) is 0 Å². The quantitative estimate of drug-likeness (QED) is 0.0400. The highest BCUT2D eigenvalue weighted by molar-refractivity contribution is 7.53. The van der Waals surface area contributed by atoms with Gasteiger partial charge in [0.25, 0.3) is 0 Å². The molecule has 0 unspecified atom stereocenters. The van der Waals surface area contributed by atoms with Gasteiger partial charge in [-0.15, -0.1) is 0 Å². The first-order valence-corrected chi connectivity index (χ1v) is 17.0. The first-order valence-electron chi connectivity index (χ1n) is 15.2. The maximum Gasteiger partial charge on any atom is 0.333 e. The summed E-state index contributed by atoms with van der Waals surface area (Å²) in [5.74, 6) is -0.639. The molecule has 228 valence electrons. The Labute approximate surface area is 239 Å². The lowest BCUT2D eigenvalue weighted by atomic mass is 10.1. The monoisotopic (exact) mass is 572 g/mol. The van der Waals surface area contributed by atoms with E-state index < -0.39 is 7.60 Å². The third kappa shape index (κ3) is 24.1. The second kappa shape index (κ2) is 25.5. The van der Waals surface area contributed by atoms with Crippen LogP contribution in [0, 0.1) is 0 Å². The van der Waals surface area contributed by atoms with Gasteiger partial charge in [0.1, 0.15) is 0 Å². The molecule has 0 aromatic carbocycles. The molecule has 0 saturated heterocycles. The largest absolute Gasteiger partial charge is 0.462 e. The summed E-state index contributed by atoms with van der Waals surface area (Å²) >= 11 is 0. The zero-order chi connectivity index (χ0) is 29.2. The summed E-state index contributed by atoms with van der Waals surface area (Å²) in [6.45, 7) is 14.5. The van der Waals surface area contributed by atoms with Gasteiger partial charge in [-0.3, -0.25) is 4.57 Å². The Balaban J connectivity index is 4.03. The van der Waals surface area contributed by atoms with Crippen LogP contribution < -0.4 is 0 Å². The first kappa shape index (κ1) is 37.6. The number of carbonyl (C=O) groups excluding carboxylic acids is 2. The highest BCUT2D eigenvalue weighted by atomic mass is 31.2. The summed E-state index contributed by atoms with van der Waals surface area (Å²) in [5, 5.41) is 0. The smallest absolute Gasteiger partial charge is 0.333 e. The topological polar surface area (TPSA) is 88.1 Å². The van der Waals surface area contributed by atoms with E-state index in [0.717, 1.165) is 96.3 Å². The van der Waals surface area contributed by atoms with Crippen LogP contribution in [0.2, 0.25) is 0 Å². The fourth-order valence-corrected chi connectivity index (χ4v) is 5.64. The number of hydrogen-bond donors (Lipinski definition) is 0. The standard InChI is InChI=1S/C31H57O7P/c1-6-7-8-17-22-27-39(34,37-25-20-15-11-9-13-18-23-35-30(32)28(2)3)38-26-21-16-12-10-14-19-24-36-31(33)29(4)5/h2,4,6-27H2,1,3,5H3. The van der Waals surface area contributed by atoms with Gasteiger partial charge in [0.2, 0.25) is 0 Å². The van der Waals surface area contributed by atoms with Crippen LogP contribution in [0.3, 0.4) is 0 Å². The van der Waals surface area contributed by atoms with E-state index >= 15 is 0 Å². The lowest BCUT2D eigenvalue weighted by Crippen LogP contribution is -2.06. The number of esters is 2. The van der Waals surface area contributed by atoms with Crippen molar-refractivity contribution in [2.45, 2.75) is 130 Å². The molecule has 0 rings (SSSR count). The van der Waals surface area contributed by atoms with Crippen molar-refractivity contribution >= 4 is 19.5 Å². The van der Waals surface area contributed by atoms with Crippen LogP contribution in [0.25, 0.3) is 0 Å². The van der Waals surface area contributed by atoms with E-state index in [0.29, 0.717) is 43.7 Å². The van der Waals surface area contributed by atoms with Crippen molar-refractivity contribution in [2.75, 3.05) is 32.6 Å². The van der Waals surface area contributed by atoms with Gasteiger partial charge in [0.15, 0.2) is 0 Å². The summed E-state index contributed by atoms with van der Waals surface area (Å²) in [5.41, 5.74) is 0.870. The zero-order valence-electron chi connectivity index (χ0n) is 25.3. The van der Waals surface area contributed by atoms with Crippen molar-refractivity contribution in [1.82, 2.24) is 0 Å². The van der Waals surface area contributed by atoms with Crippen molar-refractivity contribution in [3.8, 4) is 0 Å². The zero-order valence-corrected chi connectivity index (χ0v) is 26.2. The van der Waals surface area contributed by atoms with Gasteiger partial charge in [0.05, 0.1) is 32.6 Å². The summed E-state index contributed by atoms with van der Waals surface area (Å²) in [6, 6.07) is 0. The molecule has 0 bridgehead atoms. The van der Waals surface area contributed by atoms with Crippen molar-refractivity contribution in [1.29, 1.82) is 0 Å². The Kier molecular flexibility index (Phi) is 24.6. The molecule has 0 heterocycles. The van der Waals surface area contributed by atoms with Gasteiger partial charge >= 0.3 is 19.5 Å². The molecule has 7 nitrogen and oxygen atoms in total. The third-order valence-electron chi connectivity index (χ3n) is 6.35. The van der Waals surface area contributed by atoms with E-state index in [1.54, 1.807) is 13.8 Å². The predicted molar refractivity (Wildman–Crippen MR) is 160 cm³/mol. The molecule has 8 heteroatoms. The molecule has 0 radical (unpaired) electrons. The summed E-state index contributed by atoms with van der Waals surface area (Å²) in [6.07, 6.45) is 17.9. The molecule has 0 N–H and O–H groups in total. The van der Waals surface area contributed by atoms with E-state index in [1.807, 2.05) is 0 Å². The van der Waals surface area contributed by atoms with Crippen molar-refractivity contribution in [2.24, 2.45) is 0 Å². The Morgan fingerprint density at radius 2 is 0.872 bits per heavy atom. The molecule has 0 atom stereocenters. The van der Waals surface area contributed by atoms with E-state index in [2.05, 4.69) is 20.1 Å². The van der Waals surface area contributed by atoms with Gasteiger partial charge in [-0.25, -0.2) is 9.59 Å².